The van der Waals surface area contributed by atoms with Crippen molar-refractivity contribution in [3.8, 4) is 0 Å². The molecule has 0 saturated heterocycles. The predicted molar refractivity (Wildman–Crippen MR) is 208 cm³/mol. The number of carbonyl (C=O) groups excluding carboxylic acids is 4. The number of thiazole rings is 2. The molecule has 0 spiro atoms. The lowest BCUT2D eigenvalue weighted by Crippen LogP contribution is -2.54. The lowest BCUT2D eigenvalue weighted by atomic mass is 9.95. The van der Waals surface area contributed by atoms with Gasteiger partial charge in [0.2, 0.25) is 21.8 Å². The monoisotopic (exact) mass is 797 g/mol. The summed E-state index contributed by atoms with van der Waals surface area (Å²) in [5.74, 6) is -1.40. The van der Waals surface area contributed by atoms with Crippen molar-refractivity contribution in [2.75, 3.05) is 13.3 Å². The maximum absolute atomic E-state index is 14.0. The Hall–Kier alpha value is -4.87. The number of alkyl carbamates (subject to hydrolysis) is 1. The molecule has 4 rings (SSSR count). The molecule has 14 nitrogen and oxygen atoms in total. The maximum Gasteiger partial charge on any atom is 0.407 e. The molecule has 0 radical (unpaired) electrons. The zero-order chi connectivity index (χ0) is 39.1. The van der Waals surface area contributed by atoms with Crippen LogP contribution in [0, 0.1) is 0 Å². The van der Waals surface area contributed by atoms with Gasteiger partial charge in [-0.05, 0) is 36.8 Å². The fourth-order valence-electron chi connectivity index (χ4n) is 5.49. The number of nitrogens with one attached hydrogen (secondary N) is 4. The minimum Gasteiger partial charge on any atom is -0.444 e. The maximum atomic E-state index is 14.0. The van der Waals surface area contributed by atoms with Crippen molar-refractivity contribution in [1.29, 1.82) is 0 Å². The average Bonchev–Trinajstić information content (AvgIpc) is 3.82. The van der Waals surface area contributed by atoms with Gasteiger partial charge in [0.1, 0.15) is 12.6 Å². The molecule has 4 aromatic rings. The van der Waals surface area contributed by atoms with Crippen LogP contribution in [0.25, 0.3) is 0 Å². The van der Waals surface area contributed by atoms with Crippen LogP contribution in [-0.2, 0) is 50.3 Å². The van der Waals surface area contributed by atoms with Gasteiger partial charge in [-0.2, -0.15) is 0 Å². The molecule has 2 aromatic carbocycles. The van der Waals surface area contributed by atoms with E-state index in [9.17, 15) is 27.6 Å². The number of hydrogen-bond donors (Lipinski definition) is 4. The second-order valence-electron chi connectivity index (χ2n) is 13.2. The first-order chi connectivity index (χ1) is 25.7. The van der Waals surface area contributed by atoms with E-state index in [1.54, 1.807) is 11.7 Å². The molecule has 0 saturated carbocycles. The molecule has 3 atom stereocenters. The van der Waals surface area contributed by atoms with Gasteiger partial charge in [-0.3, -0.25) is 19.3 Å². The highest BCUT2D eigenvalue weighted by atomic mass is 32.2. The van der Waals surface area contributed by atoms with Gasteiger partial charge >= 0.3 is 12.1 Å². The Balaban J connectivity index is 1.50. The summed E-state index contributed by atoms with van der Waals surface area (Å²) in [4.78, 5) is 63.7. The van der Waals surface area contributed by atoms with Gasteiger partial charge in [-0.25, -0.2) is 23.0 Å². The van der Waals surface area contributed by atoms with Gasteiger partial charge < -0.3 is 25.6 Å². The van der Waals surface area contributed by atoms with Crippen molar-refractivity contribution in [3.63, 3.8) is 0 Å². The Morgan fingerprint density at radius 3 is 2.02 bits per heavy atom. The Morgan fingerprint density at radius 1 is 0.870 bits per heavy atom. The summed E-state index contributed by atoms with van der Waals surface area (Å²) < 4.78 is 31.0. The normalized spacial score (nSPS) is 13.0. The molecule has 0 unspecified atom stereocenters. The zero-order valence-corrected chi connectivity index (χ0v) is 33.1. The SMILES string of the molecule is CC(C)c1nc(CN(C)C(=O)N[C@@H](CC(=O)NS(C)(=O)=O)C(=O)N[C@H](CC[C@H](Cc2ccccc2)NC(=O)OCc2cncs2)Cc2ccccc2)cs1. The quantitative estimate of drug-likeness (QED) is 0.104. The van der Waals surface area contributed by atoms with Crippen molar-refractivity contribution in [1.82, 2.24) is 35.5 Å². The minimum atomic E-state index is -3.93. The number of nitrogens with zero attached hydrogens (tertiary/aromatic N) is 3. The number of amides is 5. The highest BCUT2D eigenvalue weighted by molar-refractivity contribution is 7.89. The molecule has 2 heterocycles. The van der Waals surface area contributed by atoms with Crippen LogP contribution in [-0.4, -0.2) is 78.7 Å². The molecule has 0 fully saturated rings. The number of sulfonamides is 1. The summed E-state index contributed by atoms with van der Waals surface area (Å²) in [6.07, 6.45) is 2.97. The van der Waals surface area contributed by atoms with Crippen molar-refractivity contribution in [2.45, 2.75) is 83.1 Å². The van der Waals surface area contributed by atoms with E-state index in [1.807, 2.05) is 84.6 Å². The molecule has 0 aliphatic carbocycles. The Kier molecular flexibility index (Phi) is 15.9. The molecule has 0 bridgehead atoms. The Bertz CT molecular complexity index is 1910. The largest absolute Gasteiger partial charge is 0.444 e. The van der Waals surface area contributed by atoms with Crippen LogP contribution >= 0.6 is 22.7 Å². The fraction of sp³-hybridized carbons (Fsp3) is 0.405. The molecule has 54 heavy (non-hydrogen) atoms. The summed E-state index contributed by atoms with van der Waals surface area (Å²) in [6.45, 7) is 4.28. The smallest absolute Gasteiger partial charge is 0.407 e. The molecule has 2 aromatic heterocycles. The second-order valence-corrected chi connectivity index (χ2v) is 16.8. The van der Waals surface area contributed by atoms with Gasteiger partial charge in [-0.1, -0.05) is 74.5 Å². The third-order valence-corrected chi connectivity index (χ3v) is 10.7. The first-order valence-electron chi connectivity index (χ1n) is 17.4. The third-order valence-electron chi connectivity index (χ3n) is 8.12. The number of urea groups is 1. The summed E-state index contributed by atoms with van der Waals surface area (Å²) >= 11 is 2.87. The average molecular weight is 798 g/mol. The fourth-order valence-corrected chi connectivity index (χ4v) is 7.32. The lowest BCUT2D eigenvalue weighted by Gasteiger charge is -2.27. The Morgan fingerprint density at radius 2 is 1.48 bits per heavy atom. The van der Waals surface area contributed by atoms with Crippen LogP contribution in [0.5, 0.6) is 0 Å². The standard InChI is InChI=1S/C37H47N7O7S3/c1-25(2)35-40-30(23-52-35)21-44(3)36(47)42-32(19-33(45)43-54(4,49)50)34(46)39-28(17-26-11-7-5-8-12-26)15-16-29(18-27-13-9-6-10-14-27)41-37(48)51-22-31-20-38-24-53-31/h5-14,20,23-25,28-29,32H,15-19,21-22H2,1-4H3,(H,39,46)(H,41,48)(H,42,47)(H,43,45)/t28-,29-,32+/m1/s1. The van der Waals surface area contributed by atoms with E-state index in [-0.39, 0.29) is 25.1 Å². The number of hydrogen-bond acceptors (Lipinski definition) is 11. The number of aromatic nitrogens is 2. The molecule has 290 valence electrons. The van der Waals surface area contributed by atoms with Crippen LogP contribution < -0.4 is 20.7 Å². The van der Waals surface area contributed by atoms with Crippen molar-refractivity contribution in [3.05, 3.63) is 104 Å². The van der Waals surface area contributed by atoms with E-state index < -0.39 is 52.5 Å². The van der Waals surface area contributed by atoms with Crippen LogP contribution in [0.4, 0.5) is 9.59 Å². The highest BCUT2D eigenvalue weighted by Gasteiger charge is 2.29. The molecular formula is C37H47N7O7S3. The van der Waals surface area contributed by atoms with Crippen molar-refractivity contribution in [2.24, 2.45) is 0 Å². The van der Waals surface area contributed by atoms with Gasteiger partial charge in [0.15, 0.2) is 0 Å². The number of benzene rings is 2. The minimum absolute atomic E-state index is 0.0826. The Labute approximate surface area is 324 Å². The topological polar surface area (TPSA) is 189 Å². The second kappa shape index (κ2) is 20.5. The summed E-state index contributed by atoms with van der Waals surface area (Å²) in [7, 11) is -2.39. The molecule has 5 amide bonds. The van der Waals surface area contributed by atoms with E-state index in [4.69, 9.17) is 4.74 Å². The van der Waals surface area contributed by atoms with E-state index in [2.05, 4.69) is 25.9 Å². The van der Waals surface area contributed by atoms with Crippen LogP contribution in [0.3, 0.4) is 0 Å². The van der Waals surface area contributed by atoms with Crippen molar-refractivity contribution >= 4 is 56.6 Å². The van der Waals surface area contributed by atoms with Crippen LogP contribution in [0.1, 0.15) is 65.7 Å². The zero-order valence-electron chi connectivity index (χ0n) is 30.7. The molecule has 4 N–H and O–H groups in total. The van der Waals surface area contributed by atoms with Gasteiger partial charge in [-0.15, -0.1) is 22.7 Å². The third kappa shape index (κ3) is 14.9. The van der Waals surface area contributed by atoms with Crippen LogP contribution in [0.2, 0.25) is 0 Å². The molecule has 17 heteroatoms. The van der Waals surface area contributed by atoms with Gasteiger partial charge in [0.25, 0.3) is 0 Å². The first kappa shape index (κ1) is 41.9. The van der Waals surface area contributed by atoms with Gasteiger partial charge in [0.05, 0.1) is 40.3 Å². The van der Waals surface area contributed by atoms with E-state index in [1.165, 1.54) is 34.6 Å². The first-order valence-corrected chi connectivity index (χ1v) is 21.0. The number of carbonyl (C=O) groups is 4. The van der Waals surface area contributed by atoms with Crippen LogP contribution in [0.15, 0.2) is 77.8 Å². The van der Waals surface area contributed by atoms with E-state index in [0.717, 1.165) is 27.3 Å². The van der Waals surface area contributed by atoms with E-state index >= 15 is 0 Å². The highest BCUT2D eigenvalue weighted by Crippen LogP contribution is 2.20. The number of ether oxygens (including phenoxy) is 1. The summed E-state index contributed by atoms with van der Waals surface area (Å²) in [5, 5.41) is 11.4. The molecular weight excluding hydrogens is 751 g/mol. The molecule has 0 aliphatic rings. The molecule has 0 aliphatic heterocycles. The van der Waals surface area contributed by atoms with Crippen molar-refractivity contribution < 1.29 is 32.3 Å². The summed E-state index contributed by atoms with van der Waals surface area (Å²) in [5.41, 5.74) is 4.26. The number of rotatable bonds is 19. The lowest BCUT2D eigenvalue weighted by molar-refractivity contribution is -0.128. The van der Waals surface area contributed by atoms with Gasteiger partial charge in [0, 0.05) is 36.6 Å². The van der Waals surface area contributed by atoms with E-state index in [0.29, 0.717) is 31.4 Å². The summed E-state index contributed by atoms with van der Waals surface area (Å²) in [6, 6.07) is 16.2. The predicted octanol–water partition coefficient (Wildman–Crippen LogP) is 4.74.